The Hall–Kier alpha value is -3.35. The minimum atomic E-state index is -0.353. The zero-order valence-corrected chi connectivity index (χ0v) is 13.9. The van der Waals surface area contributed by atoms with Crippen molar-refractivity contribution in [2.24, 2.45) is 0 Å². The number of benzene rings is 1. The molecule has 3 rings (SSSR count). The maximum Gasteiger partial charge on any atom is 0.275 e. The standard InChI is InChI=1S/C18H18N4O3/c1-12-9-17(22-25-12)21-18(23)15-10-14(7-8-19-15)20-11-13-5-3-4-6-16(13)24-2/h3-10H,11H2,1-2H3,(H,19,20)(H,21,22,23). The van der Waals surface area contributed by atoms with Crippen molar-refractivity contribution in [2.75, 3.05) is 17.7 Å². The van der Waals surface area contributed by atoms with E-state index in [0.29, 0.717) is 18.1 Å². The molecule has 0 saturated carbocycles. The van der Waals surface area contributed by atoms with Crippen molar-refractivity contribution < 1.29 is 14.1 Å². The fourth-order valence-corrected chi connectivity index (χ4v) is 2.32. The number of anilines is 2. The summed E-state index contributed by atoms with van der Waals surface area (Å²) in [7, 11) is 1.64. The minimum absolute atomic E-state index is 0.283. The Bertz CT molecular complexity index is 876. The zero-order chi connectivity index (χ0) is 17.6. The topological polar surface area (TPSA) is 89.3 Å². The van der Waals surface area contributed by atoms with Crippen LogP contribution in [0.25, 0.3) is 0 Å². The Labute approximate surface area is 145 Å². The van der Waals surface area contributed by atoms with E-state index < -0.39 is 0 Å². The number of hydrogen-bond donors (Lipinski definition) is 2. The largest absolute Gasteiger partial charge is 0.496 e. The molecule has 0 spiro atoms. The van der Waals surface area contributed by atoms with Gasteiger partial charge in [-0.1, -0.05) is 23.4 Å². The summed E-state index contributed by atoms with van der Waals surface area (Å²) in [5.74, 6) is 1.44. The summed E-state index contributed by atoms with van der Waals surface area (Å²) in [5.41, 5.74) is 2.08. The summed E-state index contributed by atoms with van der Waals surface area (Å²) in [6, 6.07) is 12.9. The maximum absolute atomic E-state index is 12.2. The monoisotopic (exact) mass is 338 g/mol. The second kappa shape index (κ2) is 7.48. The van der Waals surface area contributed by atoms with Gasteiger partial charge in [-0.15, -0.1) is 0 Å². The molecule has 0 aliphatic rings. The predicted octanol–water partition coefficient (Wildman–Crippen LogP) is 3.25. The first-order chi connectivity index (χ1) is 12.2. The van der Waals surface area contributed by atoms with E-state index >= 15 is 0 Å². The molecule has 0 aliphatic heterocycles. The number of para-hydroxylation sites is 1. The molecule has 0 fully saturated rings. The van der Waals surface area contributed by atoms with Gasteiger partial charge in [0.05, 0.1) is 7.11 Å². The molecule has 2 heterocycles. The Morgan fingerprint density at radius 1 is 1.24 bits per heavy atom. The lowest BCUT2D eigenvalue weighted by molar-refractivity contribution is 0.102. The average molecular weight is 338 g/mol. The Morgan fingerprint density at radius 3 is 2.84 bits per heavy atom. The fraction of sp³-hybridized carbons (Fsp3) is 0.167. The Balaban J connectivity index is 1.67. The zero-order valence-electron chi connectivity index (χ0n) is 13.9. The lowest BCUT2D eigenvalue weighted by atomic mass is 10.2. The number of carbonyl (C=O) groups excluding carboxylic acids is 1. The van der Waals surface area contributed by atoms with Gasteiger partial charge in [-0.05, 0) is 25.1 Å². The van der Waals surface area contributed by atoms with Gasteiger partial charge in [0.15, 0.2) is 5.82 Å². The average Bonchev–Trinajstić information content (AvgIpc) is 3.05. The summed E-state index contributed by atoms with van der Waals surface area (Å²) >= 11 is 0. The highest BCUT2D eigenvalue weighted by Gasteiger charge is 2.11. The summed E-state index contributed by atoms with van der Waals surface area (Å²) in [6.45, 7) is 2.32. The van der Waals surface area contributed by atoms with Crippen LogP contribution < -0.4 is 15.4 Å². The molecule has 2 N–H and O–H groups in total. The summed E-state index contributed by atoms with van der Waals surface area (Å²) in [5, 5.41) is 9.64. The lowest BCUT2D eigenvalue weighted by Gasteiger charge is -2.11. The van der Waals surface area contributed by atoms with E-state index in [1.807, 2.05) is 24.3 Å². The third kappa shape index (κ3) is 4.14. The van der Waals surface area contributed by atoms with Crippen molar-refractivity contribution in [3.05, 3.63) is 65.7 Å². The molecular formula is C18H18N4O3. The summed E-state index contributed by atoms with van der Waals surface area (Å²) in [4.78, 5) is 16.3. The maximum atomic E-state index is 12.2. The first-order valence-corrected chi connectivity index (χ1v) is 7.72. The van der Waals surface area contributed by atoms with Gasteiger partial charge in [0.2, 0.25) is 0 Å². The molecule has 7 heteroatoms. The van der Waals surface area contributed by atoms with Crippen LogP contribution in [0.15, 0.2) is 53.2 Å². The normalized spacial score (nSPS) is 10.3. The number of methoxy groups -OCH3 is 1. The Morgan fingerprint density at radius 2 is 2.08 bits per heavy atom. The van der Waals surface area contributed by atoms with Crippen molar-refractivity contribution >= 4 is 17.4 Å². The van der Waals surface area contributed by atoms with Crippen LogP contribution in [0.3, 0.4) is 0 Å². The second-order valence-electron chi connectivity index (χ2n) is 5.37. The summed E-state index contributed by atoms with van der Waals surface area (Å²) in [6.07, 6.45) is 1.58. The number of nitrogens with zero attached hydrogens (tertiary/aromatic N) is 2. The third-order valence-electron chi connectivity index (χ3n) is 3.54. The molecule has 3 aromatic rings. The number of rotatable bonds is 6. The van der Waals surface area contributed by atoms with Gasteiger partial charge in [0, 0.05) is 30.1 Å². The highest BCUT2D eigenvalue weighted by molar-refractivity contribution is 6.02. The highest BCUT2D eigenvalue weighted by Crippen LogP contribution is 2.19. The van der Waals surface area contributed by atoms with Crippen molar-refractivity contribution in [2.45, 2.75) is 13.5 Å². The van der Waals surface area contributed by atoms with Gasteiger partial charge in [0.1, 0.15) is 17.2 Å². The molecule has 0 atom stereocenters. The van der Waals surface area contributed by atoms with Crippen LogP contribution in [-0.2, 0) is 6.54 Å². The van der Waals surface area contributed by atoms with Crippen molar-refractivity contribution in [1.29, 1.82) is 0 Å². The van der Waals surface area contributed by atoms with Crippen LogP contribution in [0.2, 0.25) is 0 Å². The number of aryl methyl sites for hydroxylation is 1. The van der Waals surface area contributed by atoms with Crippen LogP contribution in [-0.4, -0.2) is 23.2 Å². The lowest BCUT2D eigenvalue weighted by Crippen LogP contribution is -2.14. The van der Waals surface area contributed by atoms with E-state index in [1.54, 1.807) is 38.4 Å². The van der Waals surface area contributed by atoms with E-state index in [4.69, 9.17) is 9.26 Å². The van der Waals surface area contributed by atoms with Gasteiger partial charge in [-0.2, -0.15) is 0 Å². The van der Waals surface area contributed by atoms with Crippen LogP contribution in [0.1, 0.15) is 21.8 Å². The third-order valence-corrected chi connectivity index (χ3v) is 3.54. The van der Waals surface area contributed by atoms with Crippen LogP contribution in [0.5, 0.6) is 5.75 Å². The predicted molar refractivity (Wildman–Crippen MR) is 93.8 cm³/mol. The van der Waals surface area contributed by atoms with E-state index in [0.717, 1.165) is 17.0 Å². The molecular weight excluding hydrogens is 320 g/mol. The van der Waals surface area contributed by atoms with Gasteiger partial charge >= 0.3 is 0 Å². The molecule has 128 valence electrons. The number of pyridine rings is 1. The van der Waals surface area contributed by atoms with Crippen LogP contribution in [0, 0.1) is 6.92 Å². The van der Waals surface area contributed by atoms with Gasteiger partial charge in [-0.25, -0.2) is 0 Å². The number of carbonyl (C=O) groups is 1. The fourth-order valence-electron chi connectivity index (χ4n) is 2.32. The SMILES string of the molecule is COc1ccccc1CNc1ccnc(C(=O)Nc2cc(C)on2)c1. The van der Waals surface area contributed by atoms with E-state index in [9.17, 15) is 4.79 Å². The van der Waals surface area contributed by atoms with Crippen LogP contribution in [0.4, 0.5) is 11.5 Å². The number of nitrogens with one attached hydrogen (secondary N) is 2. The van der Waals surface area contributed by atoms with Crippen LogP contribution >= 0.6 is 0 Å². The number of aromatic nitrogens is 2. The summed E-state index contributed by atoms with van der Waals surface area (Å²) < 4.78 is 10.3. The van der Waals surface area contributed by atoms with Gasteiger partial charge in [0.25, 0.3) is 5.91 Å². The van der Waals surface area contributed by atoms with Crippen molar-refractivity contribution in [3.63, 3.8) is 0 Å². The molecule has 2 aromatic heterocycles. The van der Waals surface area contributed by atoms with Crippen molar-refractivity contribution in [1.82, 2.24) is 10.1 Å². The quantitative estimate of drug-likeness (QED) is 0.717. The molecule has 1 aromatic carbocycles. The van der Waals surface area contributed by atoms with E-state index in [2.05, 4.69) is 20.8 Å². The number of amides is 1. The molecule has 0 unspecified atom stereocenters. The van der Waals surface area contributed by atoms with E-state index in [1.165, 1.54) is 0 Å². The first-order valence-electron chi connectivity index (χ1n) is 7.72. The van der Waals surface area contributed by atoms with Gasteiger partial charge < -0.3 is 19.9 Å². The second-order valence-corrected chi connectivity index (χ2v) is 5.37. The smallest absolute Gasteiger partial charge is 0.275 e. The number of ether oxygens (including phenoxy) is 1. The first kappa shape index (κ1) is 16.5. The molecule has 25 heavy (non-hydrogen) atoms. The van der Waals surface area contributed by atoms with Crippen molar-refractivity contribution in [3.8, 4) is 5.75 Å². The molecule has 7 nitrogen and oxygen atoms in total. The molecule has 0 saturated heterocycles. The Kier molecular flexibility index (Phi) is 4.94. The minimum Gasteiger partial charge on any atom is -0.496 e. The van der Waals surface area contributed by atoms with Gasteiger partial charge in [-0.3, -0.25) is 9.78 Å². The molecule has 0 radical (unpaired) electrons. The van der Waals surface area contributed by atoms with E-state index in [-0.39, 0.29) is 11.6 Å². The molecule has 0 aliphatic carbocycles. The molecule has 1 amide bonds. The molecule has 0 bridgehead atoms. The number of hydrogen-bond acceptors (Lipinski definition) is 6. The highest BCUT2D eigenvalue weighted by atomic mass is 16.5.